The molecule has 5 heteroatoms. The minimum Gasteiger partial charge on any atom is -0.356 e. The number of rotatable bonds is 5. The van der Waals surface area contributed by atoms with Gasteiger partial charge in [0.1, 0.15) is 0 Å². The van der Waals surface area contributed by atoms with Crippen LogP contribution in [0.4, 0.5) is 0 Å². The molecule has 0 atom stereocenters. The lowest BCUT2D eigenvalue weighted by Crippen LogP contribution is -2.43. The molecular formula is C14H26N4O. The predicted molar refractivity (Wildman–Crippen MR) is 77.1 cm³/mol. The van der Waals surface area contributed by atoms with Crippen LogP contribution >= 0.6 is 0 Å². The average Bonchev–Trinajstić information content (AvgIpc) is 2.46. The molecule has 1 saturated carbocycles. The zero-order valence-corrected chi connectivity index (χ0v) is 11.7. The number of nitrogens with one attached hydrogen (secondary N) is 3. The zero-order valence-electron chi connectivity index (χ0n) is 11.7. The van der Waals surface area contributed by atoms with E-state index in [0.29, 0.717) is 18.9 Å². The van der Waals surface area contributed by atoms with E-state index in [0.717, 1.165) is 32.0 Å². The van der Waals surface area contributed by atoms with Crippen LogP contribution in [0.5, 0.6) is 0 Å². The van der Waals surface area contributed by atoms with Crippen LogP contribution in [0.2, 0.25) is 0 Å². The topological polar surface area (TPSA) is 65.5 Å². The second-order valence-corrected chi connectivity index (χ2v) is 5.50. The Bertz CT molecular complexity index is 311. The molecule has 0 aromatic rings. The van der Waals surface area contributed by atoms with Crippen LogP contribution in [-0.4, -0.2) is 38.0 Å². The van der Waals surface area contributed by atoms with Gasteiger partial charge in [0.2, 0.25) is 5.91 Å². The summed E-state index contributed by atoms with van der Waals surface area (Å²) < 4.78 is 0. The fourth-order valence-corrected chi connectivity index (χ4v) is 2.76. The number of nitrogens with zero attached hydrogens (tertiary/aromatic N) is 1. The maximum Gasteiger partial charge on any atom is 0.220 e. The molecule has 0 unspecified atom stereocenters. The Balaban J connectivity index is 1.52. The number of amides is 1. The maximum absolute atomic E-state index is 11.8. The quantitative estimate of drug-likeness (QED) is 0.651. The first-order chi connectivity index (χ1) is 9.34. The van der Waals surface area contributed by atoms with Gasteiger partial charge in [0.05, 0.1) is 0 Å². The van der Waals surface area contributed by atoms with Crippen molar-refractivity contribution >= 4 is 11.9 Å². The van der Waals surface area contributed by atoms with Gasteiger partial charge in [0.15, 0.2) is 5.96 Å². The van der Waals surface area contributed by atoms with Crippen LogP contribution in [0.25, 0.3) is 0 Å². The molecule has 0 aromatic heterocycles. The van der Waals surface area contributed by atoms with Gasteiger partial charge in [-0.1, -0.05) is 19.3 Å². The summed E-state index contributed by atoms with van der Waals surface area (Å²) in [7, 11) is 0. The molecule has 1 fully saturated rings. The van der Waals surface area contributed by atoms with E-state index in [4.69, 9.17) is 0 Å². The smallest absolute Gasteiger partial charge is 0.220 e. The fraction of sp³-hybridized carbons (Fsp3) is 0.857. The van der Waals surface area contributed by atoms with Crippen molar-refractivity contribution in [3.8, 4) is 0 Å². The summed E-state index contributed by atoms with van der Waals surface area (Å²) >= 11 is 0. The summed E-state index contributed by atoms with van der Waals surface area (Å²) in [4.78, 5) is 16.1. The van der Waals surface area contributed by atoms with E-state index in [9.17, 15) is 4.79 Å². The number of aliphatic imine (C=N–C) groups is 1. The van der Waals surface area contributed by atoms with Gasteiger partial charge in [-0.3, -0.25) is 9.79 Å². The summed E-state index contributed by atoms with van der Waals surface area (Å²) in [6.07, 6.45) is 8.20. The largest absolute Gasteiger partial charge is 0.356 e. The Morgan fingerprint density at radius 3 is 2.79 bits per heavy atom. The molecule has 19 heavy (non-hydrogen) atoms. The van der Waals surface area contributed by atoms with Crippen molar-refractivity contribution in [2.45, 2.75) is 44.9 Å². The lowest BCUT2D eigenvalue weighted by atomic mass is 9.87. The van der Waals surface area contributed by atoms with Gasteiger partial charge in [-0.25, -0.2) is 0 Å². The van der Waals surface area contributed by atoms with Crippen molar-refractivity contribution in [1.82, 2.24) is 16.0 Å². The molecule has 1 aliphatic carbocycles. The average molecular weight is 266 g/mol. The zero-order chi connectivity index (χ0) is 13.3. The van der Waals surface area contributed by atoms with E-state index >= 15 is 0 Å². The highest BCUT2D eigenvalue weighted by molar-refractivity contribution is 5.80. The molecule has 0 radical (unpaired) electrons. The lowest BCUT2D eigenvalue weighted by Gasteiger charge is -2.21. The first-order valence-corrected chi connectivity index (χ1v) is 7.63. The summed E-state index contributed by atoms with van der Waals surface area (Å²) in [5, 5.41) is 9.39. The van der Waals surface area contributed by atoms with Crippen LogP contribution in [0.3, 0.4) is 0 Å². The van der Waals surface area contributed by atoms with Gasteiger partial charge < -0.3 is 16.0 Å². The van der Waals surface area contributed by atoms with Crippen molar-refractivity contribution in [2.24, 2.45) is 10.9 Å². The molecule has 2 rings (SSSR count). The van der Waals surface area contributed by atoms with E-state index in [2.05, 4.69) is 20.9 Å². The van der Waals surface area contributed by atoms with Gasteiger partial charge in [0.25, 0.3) is 0 Å². The number of carbonyl (C=O) groups excluding carboxylic acids is 1. The molecule has 1 aliphatic heterocycles. The predicted octanol–water partition coefficient (Wildman–Crippen LogP) is 1.01. The molecule has 0 aromatic carbocycles. The molecule has 108 valence electrons. The van der Waals surface area contributed by atoms with Crippen LogP contribution in [0.15, 0.2) is 4.99 Å². The molecule has 0 saturated heterocycles. The standard InChI is InChI=1S/C14H26N4O/c19-13(11-12-5-2-1-3-6-12)15-9-10-18-14-16-7-4-8-17-14/h12H,1-11H2,(H,15,19)(H2,16,17,18). The van der Waals surface area contributed by atoms with Gasteiger partial charge in [-0.2, -0.15) is 0 Å². The van der Waals surface area contributed by atoms with Crippen LogP contribution < -0.4 is 16.0 Å². The van der Waals surface area contributed by atoms with E-state index in [1.165, 1.54) is 32.1 Å². The summed E-state index contributed by atoms with van der Waals surface area (Å²) in [6.45, 7) is 3.29. The molecular weight excluding hydrogens is 240 g/mol. The molecule has 1 heterocycles. The third kappa shape index (κ3) is 5.49. The van der Waals surface area contributed by atoms with Crippen LogP contribution in [0.1, 0.15) is 44.9 Å². The van der Waals surface area contributed by atoms with E-state index in [1.54, 1.807) is 0 Å². The monoisotopic (exact) mass is 266 g/mol. The number of hydrogen-bond donors (Lipinski definition) is 3. The summed E-state index contributed by atoms with van der Waals surface area (Å²) in [5.41, 5.74) is 0. The van der Waals surface area contributed by atoms with E-state index < -0.39 is 0 Å². The van der Waals surface area contributed by atoms with Gasteiger partial charge in [-0.05, 0) is 25.2 Å². The first kappa shape index (κ1) is 14.2. The highest BCUT2D eigenvalue weighted by atomic mass is 16.1. The van der Waals surface area contributed by atoms with Crippen molar-refractivity contribution in [3.05, 3.63) is 0 Å². The highest BCUT2D eigenvalue weighted by Crippen LogP contribution is 2.25. The molecule has 0 bridgehead atoms. The number of guanidine groups is 1. The van der Waals surface area contributed by atoms with E-state index in [1.807, 2.05) is 0 Å². The first-order valence-electron chi connectivity index (χ1n) is 7.63. The molecule has 5 nitrogen and oxygen atoms in total. The Kier molecular flexibility index (Phi) is 5.98. The molecule has 3 N–H and O–H groups in total. The van der Waals surface area contributed by atoms with Crippen molar-refractivity contribution in [1.29, 1.82) is 0 Å². The normalized spacial score (nSPS) is 20.3. The second-order valence-electron chi connectivity index (χ2n) is 5.50. The molecule has 0 spiro atoms. The number of hydrogen-bond acceptors (Lipinski definition) is 4. The van der Waals surface area contributed by atoms with E-state index in [-0.39, 0.29) is 5.91 Å². The lowest BCUT2D eigenvalue weighted by molar-refractivity contribution is -0.122. The second kappa shape index (κ2) is 8.02. The minimum absolute atomic E-state index is 0.201. The Hall–Kier alpha value is -1.26. The van der Waals surface area contributed by atoms with Gasteiger partial charge in [0, 0.05) is 32.6 Å². The van der Waals surface area contributed by atoms with Crippen molar-refractivity contribution in [2.75, 3.05) is 26.2 Å². The molecule has 2 aliphatic rings. The summed E-state index contributed by atoms with van der Waals surface area (Å²) in [6, 6.07) is 0. The summed E-state index contributed by atoms with van der Waals surface area (Å²) in [5.74, 6) is 1.69. The third-order valence-corrected chi connectivity index (χ3v) is 3.84. The van der Waals surface area contributed by atoms with Crippen LogP contribution in [0, 0.1) is 5.92 Å². The SMILES string of the molecule is O=C(CC1CCCCC1)NCCNC1=NCCCN1. The number of carbonyl (C=O) groups is 1. The van der Waals surface area contributed by atoms with Crippen molar-refractivity contribution < 1.29 is 4.79 Å². The van der Waals surface area contributed by atoms with Gasteiger partial charge in [-0.15, -0.1) is 0 Å². The fourth-order valence-electron chi connectivity index (χ4n) is 2.76. The minimum atomic E-state index is 0.201. The maximum atomic E-state index is 11.8. The molecule has 1 amide bonds. The Morgan fingerprint density at radius 2 is 2.05 bits per heavy atom. The van der Waals surface area contributed by atoms with Crippen LogP contribution in [-0.2, 0) is 4.79 Å². The van der Waals surface area contributed by atoms with Gasteiger partial charge >= 0.3 is 0 Å². The van der Waals surface area contributed by atoms with Crippen molar-refractivity contribution in [3.63, 3.8) is 0 Å². The highest BCUT2D eigenvalue weighted by Gasteiger charge is 2.16. The third-order valence-electron chi connectivity index (χ3n) is 3.84. The Labute approximate surface area is 115 Å². The Morgan fingerprint density at radius 1 is 1.21 bits per heavy atom.